The maximum Gasteiger partial charge on any atom is 0.337 e. The molecule has 0 unspecified atom stereocenters. The lowest BCUT2D eigenvalue weighted by molar-refractivity contribution is -0.384. The van der Waals surface area contributed by atoms with Crippen molar-refractivity contribution in [2.24, 2.45) is 0 Å². The van der Waals surface area contributed by atoms with Gasteiger partial charge in [0.05, 0.1) is 36.4 Å². The lowest BCUT2D eigenvalue weighted by Gasteiger charge is -2.35. The van der Waals surface area contributed by atoms with E-state index in [4.69, 9.17) is 9.47 Å². The van der Waals surface area contributed by atoms with E-state index in [9.17, 15) is 19.7 Å². The molecule has 1 aliphatic rings. The molecule has 3 rings (SSSR count). The van der Waals surface area contributed by atoms with Crippen LogP contribution in [0, 0.1) is 10.1 Å². The molecule has 0 radical (unpaired) electrons. The van der Waals surface area contributed by atoms with E-state index >= 15 is 0 Å². The number of nitrogens with one attached hydrogen (secondary N) is 1. The van der Waals surface area contributed by atoms with Crippen molar-refractivity contribution in [3.8, 4) is 5.75 Å². The molecule has 0 aromatic heterocycles. The van der Waals surface area contributed by atoms with Crippen LogP contribution in [-0.4, -0.2) is 31.1 Å². The number of urea groups is 1. The third-order valence-corrected chi connectivity index (χ3v) is 4.64. The Morgan fingerprint density at radius 1 is 1.17 bits per heavy atom. The topological polar surface area (TPSA) is 111 Å². The number of hydrogen-bond donors (Lipinski definition) is 1. The highest BCUT2D eigenvalue weighted by Gasteiger charge is 2.37. The summed E-state index contributed by atoms with van der Waals surface area (Å²) in [6.45, 7) is 1.62. The maximum absolute atomic E-state index is 12.9. The number of allylic oxidation sites excluding steroid dienone is 1. The van der Waals surface area contributed by atoms with Crippen LogP contribution in [0.1, 0.15) is 18.5 Å². The summed E-state index contributed by atoms with van der Waals surface area (Å²) in [5, 5.41) is 13.9. The van der Waals surface area contributed by atoms with Gasteiger partial charge in [0, 0.05) is 17.8 Å². The summed E-state index contributed by atoms with van der Waals surface area (Å²) in [4.78, 5) is 37.4. The van der Waals surface area contributed by atoms with E-state index < -0.39 is 23.0 Å². The van der Waals surface area contributed by atoms with Crippen molar-refractivity contribution in [1.82, 2.24) is 5.32 Å². The average Bonchev–Trinajstić information content (AvgIpc) is 2.73. The zero-order chi connectivity index (χ0) is 21.1. The Kier molecular flexibility index (Phi) is 5.49. The highest BCUT2D eigenvalue weighted by molar-refractivity contribution is 6.03. The Bertz CT molecular complexity index is 1000. The van der Waals surface area contributed by atoms with Crippen LogP contribution in [0.25, 0.3) is 0 Å². The number of methoxy groups -OCH3 is 2. The predicted octanol–water partition coefficient (Wildman–Crippen LogP) is 3.32. The minimum Gasteiger partial charge on any atom is -0.497 e. The first-order valence-electron chi connectivity index (χ1n) is 8.65. The molecule has 0 saturated heterocycles. The first kappa shape index (κ1) is 19.9. The van der Waals surface area contributed by atoms with E-state index in [0.29, 0.717) is 22.7 Å². The van der Waals surface area contributed by atoms with Gasteiger partial charge in [-0.05, 0) is 36.8 Å². The van der Waals surface area contributed by atoms with E-state index in [1.807, 2.05) is 0 Å². The van der Waals surface area contributed by atoms with Crippen LogP contribution in [-0.2, 0) is 9.53 Å². The Morgan fingerprint density at radius 3 is 2.45 bits per heavy atom. The number of hydrogen-bond acceptors (Lipinski definition) is 6. The van der Waals surface area contributed by atoms with Gasteiger partial charge in [0.15, 0.2) is 0 Å². The molecule has 1 N–H and O–H groups in total. The summed E-state index contributed by atoms with van der Waals surface area (Å²) in [5.41, 5.74) is 1.34. The van der Waals surface area contributed by atoms with Crippen molar-refractivity contribution in [1.29, 1.82) is 0 Å². The number of rotatable bonds is 5. The van der Waals surface area contributed by atoms with Gasteiger partial charge >= 0.3 is 12.0 Å². The van der Waals surface area contributed by atoms with Crippen LogP contribution in [0.15, 0.2) is 59.8 Å². The Morgan fingerprint density at radius 2 is 1.86 bits per heavy atom. The fourth-order valence-electron chi connectivity index (χ4n) is 3.23. The van der Waals surface area contributed by atoms with Gasteiger partial charge in [0.25, 0.3) is 5.69 Å². The summed E-state index contributed by atoms with van der Waals surface area (Å²) < 4.78 is 10.0. The van der Waals surface area contributed by atoms with E-state index in [-0.39, 0.29) is 11.3 Å². The molecule has 9 nitrogen and oxygen atoms in total. The van der Waals surface area contributed by atoms with Gasteiger partial charge in [-0.3, -0.25) is 15.0 Å². The minimum absolute atomic E-state index is 0.142. The van der Waals surface area contributed by atoms with Crippen LogP contribution >= 0.6 is 0 Å². The summed E-state index contributed by atoms with van der Waals surface area (Å²) in [7, 11) is 2.77. The Balaban J connectivity index is 2.11. The smallest absolute Gasteiger partial charge is 0.337 e. The third-order valence-electron chi connectivity index (χ3n) is 4.64. The molecule has 2 amide bonds. The average molecular weight is 397 g/mol. The zero-order valence-corrected chi connectivity index (χ0v) is 16.0. The molecular formula is C20H19N3O6. The van der Waals surface area contributed by atoms with Gasteiger partial charge in [-0.1, -0.05) is 12.1 Å². The molecular weight excluding hydrogens is 378 g/mol. The number of nitro groups is 1. The molecule has 150 valence electrons. The number of amides is 2. The second kappa shape index (κ2) is 8.01. The molecule has 0 spiro atoms. The first-order chi connectivity index (χ1) is 13.9. The summed E-state index contributed by atoms with van der Waals surface area (Å²) >= 11 is 0. The van der Waals surface area contributed by atoms with Crippen molar-refractivity contribution in [3.05, 3.63) is 75.5 Å². The number of nitrogens with zero attached hydrogens (tertiary/aromatic N) is 2. The van der Waals surface area contributed by atoms with E-state index in [1.54, 1.807) is 37.3 Å². The molecule has 0 fully saturated rings. The van der Waals surface area contributed by atoms with Crippen molar-refractivity contribution in [3.63, 3.8) is 0 Å². The lowest BCUT2D eigenvalue weighted by atomic mass is 9.94. The van der Waals surface area contributed by atoms with Gasteiger partial charge in [-0.2, -0.15) is 0 Å². The number of carbonyl (C=O) groups is 2. The first-order valence-corrected chi connectivity index (χ1v) is 8.65. The molecule has 1 heterocycles. The van der Waals surface area contributed by atoms with Gasteiger partial charge in [0.1, 0.15) is 5.75 Å². The number of benzene rings is 2. The highest BCUT2D eigenvalue weighted by Crippen LogP contribution is 2.35. The zero-order valence-electron chi connectivity index (χ0n) is 16.0. The molecule has 0 bridgehead atoms. The molecule has 1 aliphatic heterocycles. The van der Waals surface area contributed by atoms with E-state index in [2.05, 4.69) is 5.32 Å². The summed E-state index contributed by atoms with van der Waals surface area (Å²) in [6, 6.07) is 11.2. The van der Waals surface area contributed by atoms with Crippen LogP contribution in [0.4, 0.5) is 16.2 Å². The second-order valence-electron chi connectivity index (χ2n) is 6.26. The van der Waals surface area contributed by atoms with Crippen molar-refractivity contribution < 1.29 is 24.0 Å². The molecule has 0 saturated carbocycles. The number of carbonyl (C=O) groups excluding carboxylic acids is 2. The molecule has 2 aromatic rings. The second-order valence-corrected chi connectivity index (χ2v) is 6.26. The third kappa shape index (κ3) is 3.75. The number of anilines is 1. The van der Waals surface area contributed by atoms with E-state index in [1.165, 1.54) is 37.3 Å². The summed E-state index contributed by atoms with van der Waals surface area (Å²) in [5.74, 6) is -0.0204. The fraction of sp³-hybridized carbons (Fsp3) is 0.200. The molecule has 2 aromatic carbocycles. The standard InChI is InChI=1S/C20H19N3O6/c1-12-17(19(24)29-3)18(13-5-4-6-15(11-13)23(26)27)21-20(25)22(12)14-7-9-16(28-2)10-8-14/h4-11,18H,1-3H3,(H,21,25)/t18-/m0/s1. The largest absolute Gasteiger partial charge is 0.497 e. The maximum atomic E-state index is 12.9. The number of esters is 1. The van der Waals surface area contributed by atoms with E-state index in [0.717, 1.165) is 0 Å². The SMILES string of the molecule is COC(=O)C1=C(C)N(c2ccc(OC)cc2)C(=O)N[C@H]1c1cccc([N+](=O)[O-])c1. The quantitative estimate of drug-likeness (QED) is 0.471. The molecule has 9 heteroatoms. The van der Waals surface area contributed by atoms with Crippen LogP contribution < -0.4 is 15.0 Å². The lowest BCUT2D eigenvalue weighted by Crippen LogP contribution is -2.48. The number of non-ortho nitro benzene ring substituents is 1. The Hall–Kier alpha value is -3.88. The molecule has 1 atom stereocenters. The predicted molar refractivity (Wildman–Crippen MR) is 105 cm³/mol. The summed E-state index contributed by atoms with van der Waals surface area (Å²) in [6.07, 6.45) is 0. The van der Waals surface area contributed by atoms with Gasteiger partial charge in [-0.25, -0.2) is 9.59 Å². The van der Waals surface area contributed by atoms with Crippen LogP contribution in [0.2, 0.25) is 0 Å². The molecule has 0 aliphatic carbocycles. The fourth-order valence-corrected chi connectivity index (χ4v) is 3.23. The van der Waals surface area contributed by atoms with Gasteiger partial charge < -0.3 is 14.8 Å². The monoisotopic (exact) mass is 397 g/mol. The van der Waals surface area contributed by atoms with Crippen molar-refractivity contribution in [2.45, 2.75) is 13.0 Å². The van der Waals surface area contributed by atoms with Gasteiger partial charge in [-0.15, -0.1) is 0 Å². The minimum atomic E-state index is -0.885. The number of nitro benzene ring substituents is 1. The highest BCUT2D eigenvalue weighted by atomic mass is 16.6. The van der Waals surface area contributed by atoms with Crippen LogP contribution in [0.5, 0.6) is 5.75 Å². The normalized spacial score (nSPS) is 16.3. The van der Waals surface area contributed by atoms with Crippen molar-refractivity contribution >= 4 is 23.4 Å². The van der Waals surface area contributed by atoms with Gasteiger partial charge in [0.2, 0.25) is 0 Å². The van der Waals surface area contributed by atoms with Crippen molar-refractivity contribution in [2.75, 3.05) is 19.1 Å². The molecule has 29 heavy (non-hydrogen) atoms. The Labute approximate surface area is 166 Å². The van der Waals surface area contributed by atoms with Crippen LogP contribution in [0.3, 0.4) is 0 Å². The number of ether oxygens (including phenoxy) is 2.